The molecule has 0 saturated carbocycles. The highest BCUT2D eigenvalue weighted by molar-refractivity contribution is 4.89. The minimum atomic E-state index is -0.716. The van der Waals surface area contributed by atoms with Crippen molar-refractivity contribution >= 4 is 0 Å². The van der Waals surface area contributed by atoms with Crippen LogP contribution in [-0.2, 0) is 0 Å². The quantitative estimate of drug-likeness (QED) is 0.367. The minimum absolute atomic E-state index is 0.0431. The Hall–Kier alpha value is -0.160. The molecule has 0 bridgehead atoms. The van der Waals surface area contributed by atoms with E-state index in [1.165, 1.54) is 0 Å². The monoisotopic (exact) mass is 147 g/mol. The summed E-state index contributed by atoms with van der Waals surface area (Å²) < 4.78 is 0. The van der Waals surface area contributed by atoms with E-state index in [0.29, 0.717) is 13.0 Å². The molecule has 0 aromatic rings. The zero-order valence-electron chi connectivity index (χ0n) is 5.70. The first kappa shape index (κ1) is 7.94. The van der Waals surface area contributed by atoms with Crippen molar-refractivity contribution in [1.82, 2.24) is 5.32 Å². The number of aliphatic hydroxyl groups excluding tert-OH is 3. The maximum absolute atomic E-state index is 9.16. The molecule has 0 aromatic carbocycles. The third-order valence-corrected chi connectivity index (χ3v) is 1.84. The van der Waals surface area contributed by atoms with Gasteiger partial charge >= 0.3 is 0 Å². The SMILES string of the molecule is OCC[C@H]1NC[C@@H](O)[C@H]1O. The molecule has 0 spiro atoms. The fraction of sp³-hybridized carbons (Fsp3) is 1.00. The van der Waals surface area contributed by atoms with Crippen LogP contribution in [0.3, 0.4) is 0 Å². The predicted molar refractivity (Wildman–Crippen MR) is 35.5 cm³/mol. The predicted octanol–water partition coefficient (Wildman–Crippen LogP) is -1.94. The van der Waals surface area contributed by atoms with Crippen molar-refractivity contribution in [2.24, 2.45) is 0 Å². The Kier molecular flexibility index (Phi) is 2.62. The topological polar surface area (TPSA) is 72.7 Å². The molecule has 1 saturated heterocycles. The molecule has 1 aliphatic rings. The molecule has 0 aromatic heterocycles. The highest BCUT2D eigenvalue weighted by Gasteiger charge is 2.31. The second-order valence-electron chi connectivity index (χ2n) is 2.58. The van der Waals surface area contributed by atoms with Crippen molar-refractivity contribution in [2.75, 3.05) is 13.2 Å². The van der Waals surface area contributed by atoms with Gasteiger partial charge in [0.1, 0.15) is 0 Å². The van der Waals surface area contributed by atoms with Gasteiger partial charge in [-0.05, 0) is 6.42 Å². The number of β-amino-alcohol motifs (C(OH)–C–C–N with tert-alkyl or cyclic N) is 1. The Bertz CT molecular complexity index is 107. The Morgan fingerprint density at radius 3 is 2.50 bits per heavy atom. The summed E-state index contributed by atoms with van der Waals surface area (Å²) in [5, 5.41) is 29.6. The molecule has 0 radical (unpaired) electrons. The molecule has 1 fully saturated rings. The van der Waals surface area contributed by atoms with Crippen molar-refractivity contribution in [3.05, 3.63) is 0 Å². The summed E-state index contributed by atoms with van der Waals surface area (Å²) in [6.07, 6.45) is -0.887. The van der Waals surface area contributed by atoms with Crippen LogP contribution >= 0.6 is 0 Å². The van der Waals surface area contributed by atoms with Crippen LogP contribution in [0.2, 0.25) is 0 Å². The number of aliphatic hydroxyl groups is 3. The smallest absolute Gasteiger partial charge is 0.0964 e. The van der Waals surface area contributed by atoms with Crippen LogP contribution < -0.4 is 5.32 Å². The number of hydrogen-bond acceptors (Lipinski definition) is 4. The van der Waals surface area contributed by atoms with Crippen LogP contribution in [0.5, 0.6) is 0 Å². The van der Waals surface area contributed by atoms with Crippen molar-refractivity contribution in [3.8, 4) is 0 Å². The zero-order valence-corrected chi connectivity index (χ0v) is 5.70. The van der Waals surface area contributed by atoms with Crippen molar-refractivity contribution in [3.63, 3.8) is 0 Å². The summed E-state index contributed by atoms with van der Waals surface area (Å²) >= 11 is 0. The average molecular weight is 147 g/mol. The van der Waals surface area contributed by atoms with E-state index in [9.17, 15) is 0 Å². The zero-order chi connectivity index (χ0) is 7.56. The van der Waals surface area contributed by atoms with Gasteiger partial charge in [-0.2, -0.15) is 0 Å². The molecule has 10 heavy (non-hydrogen) atoms. The largest absolute Gasteiger partial charge is 0.396 e. The molecule has 4 nitrogen and oxygen atoms in total. The molecule has 3 atom stereocenters. The minimum Gasteiger partial charge on any atom is -0.396 e. The van der Waals surface area contributed by atoms with Crippen LogP contribution in [-0.4, -0.2) is 46.7 Å². The molecule has 1 heterocycles. The standard InChI is InChI=1S/C6H13NO3/c8-2-1-4-6(10)5(9)3-7-4/h4-10H,1-3H2/t4-,5-,6+/m1/s1. The lowest BCUT2D eigenvalue weighted by Crippen LogP contribution is -2.33. The second kappa shape index (κ2) is 3.30. The van der Waals surface area contributed by atoms with E-state index in [4.69, 9.17) is 15.3 Å². The second-order valence-corrected chi connectivity index (χ2v) is 2.58. The first-order valence-electron chi connectivity index (χ1n) is 3.46. The summed E-state index contributed by atoms with van der Waals surface area (Å²) in [5.41, 5.74) is 0. The molecule has 60 valence electrons. The first-order chi connectivity index (χ1) is 4.75. The molecule has 1 rings (SSSR count). The Morgan fingerprint density at radius 1 is 1.40 bits per heavy atom. The summed E-state index contributed by atoms with van der Waals surface area (Å²) in [6, 6.07) is -0.139. The van der Waals surface area contributed by atoms with Crippen molar-refractivity contribution < 1.29 is 15.3 Å². The lowest BCUT2D eigenvalue weighted by molar-refractivity contribution is 0.0363. The Labute approximate surface area is 59.5 Å². The van der Waals surface area contributed by atoms with E-state index in [0.717, 1.165) is 0 Å². The number of rotatable bonds is 2. The van der Waals surface area contributed by atoms with Crippen molar-refractivity contribution in [1.29, 1.82) is 0 Å². The van der Waals surface area contributed by atoms with E-state index in [2.05, 4.69) is 5.32 Å². The van der Waals surface area contributed by atoms with Crippen LogP contribution in [0.1, 0.15) is 6.42 Å². The third kappa shape index (κ3) is 1.46. The van der Waals surface area contributed by atoms with E-state index < -0.39 is 12.2 Å². The maximum Gasteiger partial charge on any atom is 0.0964 e. The average Bonchev–Trinajstić information content (AvgIpc) is 2.20. The maximum atomic E-state index is 9.16. The van der Waals surface area contributed by atoms with E-state index >= 15 is 0 Å². The van der Waals surface area contributed by atoms with Crippen LogP contribution in [0.25, 0.3) is 0 Å². The fourth-order valence-corrected chi connectivity index (χ4v) is 1.19. The Balaban J connectivity index is 2.33. The first-order valence-corrected chi connectivity index (χ1v) is 3.46. The third-order valence-electron chi connectivity index (χ3n) is 1.84. The molecule has 0 aliphatic carbocycles. The van der Waals surface area contributed by atoms with Crippen LogP contribution in [0.15, 0.2) is 0 Å². The van der Waals surface area contributed by atoms with Gasteiger partial charge in [-0.1, -0.05) is 0 Å². The van der Waals surface area contributed by atoms with Gasteiger partial charge in [0.25, 0.3) is 0 Å². The van der Waals surface area contributed by atoms with Gasteiger partial charge in [-0.3, -0.25) is 0 Å². The van der Waals surface area contributed by atoms with Gasteiger partial charge in [0, 0.05) is 19.2 Å². The van der Waals surface area contributed by atoms with Gasteiger partial charge in [0.05, 0.1) is 12.2 Å². The summed E-state index contributed by atoms with van der Waals surface area (Å²) in [5.74, 6) is 0. The van der Waals surface area contributed by atoms with Crippen LogP contribution in [0, 0.1) is 0 Å². The van der Waals surface area contributed by atoms with Gasteiger partial charge < -0.3 is 20.6 Å². The number of nitrogens with one attached hydrogen (secondary N) is 1. The summed E-state index contributed by atoms with van der Waals surface area (Å²) in [6.45, 7) is 0.466. The van der Waals surface area contributed by atoms with Crippen LogP contribution in [0.4, 0.5) is 0 Å². The highest BCUT2D eigenvalue weighted by Crippen LogP contribution is 2.09. The van der Waals surface area contributed by atoms with Gasteiger partial charge in [-0.25, -0.2) is 0 Å². The van der Waals surface area contributed by atoms with E-state index in [1.54, 1.807) is 0 Å². The molecule has 4 heteroatoms. The molecule has 4 N–H and O–H groups in total. The molecule has 0 unspecified atom stereocenters. The van der Waals surface area contributed by atoms with E-state index in [1.807, 2.05) is 0 Å². The van der Waals surface area contributed by atoms with Gasteiger partial charge in [-0.15, -0.1) is 0 Å². The normalized spacial score (nSPS) is 40.5. The highest BCUT2D eigenvalue weighted by atomic mass is 16.3. The molecular weight excluding hydrogens is 134 g/mol. The fourth-order valence-electron chi connectivity index (χ4n) is 1.19. The van der Waals surface area contributed by atoms with Gasteiger partial charge in [0.2, 0.25) is 0 Å². The molecular formula is C6H13NO3. The summed E-state index contributed by atoms with van der Waals surface area (Å²) in [7, 11) is 0. The lowest BCUT2D eigenvalue weighted by Gasteiger charge is -2.13. The van der Waals surface area contributed by atoms with E-state index in [-0.39, 0.29) is 12.6 Å². The molecule has 1 aliphatic heterocycles. The number of hydrogen-bond donors (Lipinski definition) is 4. The summed E-state index contributed by atoms with van der Waals surface area (Å²) in [4.78, 5) is 0. The van der Waals surface area contributed by atoms with Gasteiger partial charge in [0.15, 0.2) is 0 Å². The Morgan fingerprint density at radius 2 is 2.10 bits per heavy atom. The van der Waals surface area contributed by atoms with Crippen molar-refractivity contribution in [2.45, 2.75) is 24.7 Å². The lowest BCUT2D eigenvalue weighted by atomic mass is 10.1. The molecule has 0 amide bonds.